The summed E-state index contributed by atoms with van der Waals surface area (Å²) in [5.41, 5.74) is 1.94. The Balaban J connectivity index is 2.21. The summed E-state index contributed by atoms with van der Waals surface area (Å²) in [6, 6.07) is 11.9. The summed E-state index contributed by atoms with van der Waals surface area (Å²) < 4.78 is 0. The summed E-state index contributed by atoms with van der Waals surface area (Å²) in [7, 11) is 2.16. The van der Waals surface area contributed by atoms with E-state index in [2.05, 4.69) is 49.6 Å². The smallest absolute Gasteiger partial charge is 0.0161 e. The van der Waals surface area contributed by atoms with Crippen molar-refractivity contribution in [3.05, 3.63) is 35.9 Å². The molecule has 0 radical (unpaired) electrons. The first-order chi connectivity index (χ1) is 9.83. The zero-order chi connectivity index (χ0) is 14.3. The van der Waals surface area contributed by atoms with E-state index in [4.69, 9.17) is 0 Å². The molecule has 1 unspecified atom stereocenters. The molecule has 1 heteroatoms. The molecule has 0 spiro atoms. The highest BCUT2D eigenvalue weighted by molar-refractivity contribution is 5.28. The predicted octanol–water partition coefficient (Wildman–Crippen LogP) is 5.06. The van der Waals surface area contributed by atoms with Gasteiger partial charge in [-0.15, -0.1) is 0 Å². The minimum absolute atomic E-state index is 0.377. The minimum atomic E-state index is 0.377. The summed E-state index contributed by atoms with van der Waals surface area (Å²) >= 11 is 0. The molecule has 0 saturated heterocycles. The van der Waals surface area contributed by atoms with Crippen LogP contribution in [0.5, 0.6) is 0 Å². The molecule has 0 heterocycles. The topological polar surface area (TPSA) is 12.0 Å². The van der Waals surface area contributed by atoms with Crippen LogP contribution in [0.3, 0.4) is 0 Å². The Hall–Kier alpha value is -0.820. The third-order valence-electron chi connectivity index (χ3n) is 5.21. The van der Waals surface area contributed by atoms with Crippen LogP contribution in [0.4, 0.5) is 0 Å². The second kappa shape index (κ2) is 7.83. The molecule has 1 aliphatic rings. The highest BCUT2D eigenvalue weighted by Gasteiger charge is 2.39. The molecule has 1 N–H and O–H groups in total. The normalized spacial score (nSPS) is 19.7. The lowest BCUT2D eigenvalue weighted by Gasteiger charge is -2.44. The number of rotatable bonds is 7. The number of likely N-dealkylation sites (N-methyl/N-ethyl adjacent to an activating group) is 1. The van der Waals surface area contributed by atoms with Crippen molar-refractivity contribution < 1.29 is 0 Å². The van der Waals surface area contributed by atoms with Crippen molar-refractivity contribution in [3.8, 4) is 0 Å². The van der Waals surface area contributed by atoms with Crippen LogP contribution < -0.4 is 5.32 Å². The largest absolute Gasteiger partial charge is 0.316 e. The quantitative estimate of drug-likeness (QED) is 0.685. The second-order valence-corrected chi connectivity index (χ2v) is 6.42. The molecule has 0 amide bonds. The molecule has 1 nitrogen and oxygen atoms in total. The first kappa shape index (κ1) is 15.6. The summed E-state index contributed by atoms with van der Waals surface area (Å²) in [4.78, 5) is 0. The van der Waals surface area contributed by atoms with Crippen molar-refractivity contribution in [1.29, 1.82) is 0 Å². The van der Waals surface area contributed by atoms with Gasteiger partial charge in [0, 0.05) is 11.5 Å². The maximum atomic E-state index is 3.67. The highest BCUT2D eigenvalue weighted by atomic mass is 14.9. The van der Waals surface area contributed by atoms with E-state index in [1.165, 1.54) is 57.8 Å². The molecular weight excluding hydrogens is 242 g/mol. The van der Waals surface area contributed by atoms with E-state index in [9.17, 15) is 0 Å². The van der Waals surface area contributed by atoms with Gasteiger partial charge in [-0.05, 0) is 31.9 Å². The Labute approximate surface area is 125 Å². The Morgan fingerprint density at radius 2 is 1.75 bits per heavy atom. The number of hydrogen-bond acceptors (Lipinski definition) is 1. The monoisotopic (exact) mass is 273 g/mol. The lowest BCUT2D eigenvalue weighted by Crippen LogP contribution is -2.48. The van der Waals surface area contributed by atoms with Gasteiger partial charge in [-0.2, -0.15) is 0 Å². The van der Waals surface area contributed by atoms with E-state index in [0.29, 0.717) is 11.5 Å². The van der Waals surface area contributed by atoms with Gasteiger partial charge in [0.25, 0.3) is 0 Å². The molecule has 112 valence electrons. The van der Waals surface area contributed by atoms with Gasteiger partial charge in [0.2, 0.25) is 0 Å². The molecule has 1 aliphatic carbocycles. The fourth-order valence-electron chi connectivity index (χ4n) is 4.09. The number of benzene rings is 1. The van der Waals surface area contributed by atoms with E-state index in [1.807, 2.05) is 0 Å². The highest BCUT2D eigenvalue weighted by Crippen LogP contribution is 2.43. The Kier molecular flexibility index (Phi) is 6.09. The van der Waals surface area contributed by atoms with Crippen LogP contribution >= 0.6 is 0 Å². The van der Waals surface area contributed by atoms with Crippen LogP contribution in [0.2, 0.25) is 0 Å². The first-order valence-corrected chi connectivity index (χ1v) is 8.56. The standard InChI is InChI=1S/C19H31N/c1-3-4-7-14-18(20-2)19(15-10-6-11-16-19)17-12-8-5-9-13-17/h5,8-9,12-13,18,20H,3-4,6-7,10-11,14-16H2,1-2H3. The van der Waals surface area contributed by atoms with Crippen LogP contribution in [0.25, 0.3) is 0 Å². The summed E-state index contributed by atoms with van der Waals surface area (Å²) in [5, 5.41) is 3.67. The van der Waals surface area contributed by atoms with E-state index in [-0.39, 0.29) is 0 Å². The maximum absolute atomic E-state index is 3.67. The Morgan fingerprint density at radius 1 is 1.05 bits per heavy atom. The third-order valence-corrected chi connectivity index (χ3v) is 5.21. The van der Waals surface area contributed by atoms with Crippen molar-refractivity contribution >= 4 is 0 Å². The van der Waals surface area contributed by atoms with Crippen molar-refractivity contribution in [2.24, 2.45) is 0 Å². The SMILES string of the molecule is CCCCCC(NC)C1(c2ccccc2)CCCCC1. The molecule has 1 aromatic carbocycles. The van der Waals surface area contributed by atoms with Gasteiger partial charge in [-0.3, -0.25) is 0 Å². The van der Waals surface area contributed by atoms with Crippen LogP contribution in [-0.2, 0) is 5.41 Å². The van der Waals surface area contributed by atoms with Crippen LogP contribution in [0.15, 0.2) is 30.3 Å². The fourth-order valence-corrected chi connectivity index (χ4v) is 4.09. The van der Waals surface area contributed by atoms with E-state index < -0.39 is 0 Å². The van der Waals surface area contributed by atoms with Gasteiger partial charge in [0.15, 0.2) is 0 Å². The first-order valence-electron chi connectivity index (χ1n) is 8.56. The van der Waals surface area contributed by atoms with Gasteiger partial charge < -0.3 is 5.32 Å². The molecule has 1 fully saturated rings. The molecule has 0 aliphatic heterocycles. The van der Waals surface area contributed by atoms with Crippen LogP contribution in [-0.4, -0.2) is 13.1 Å². The number of nitrogens with one attached hydrogen (secondary N) is 1. The van der Waals surface area contributed by atoms with Crippen molar-refractivity contribution in [3.63, 3.8) is 0 Å². The van der Waals surface area contributed by atoms with Gasteiger partial charge >= 0.3 is 0 Å². The summed E-state index contributed by atoms with van der Waals surface area (Å²) in [6.45, 7) is 2.29. The lowest BCUT2D eigenvalue weighted by molar-refractivity contribution is 0.208. The molecule has 1 atom stereocenters. The fraction of sp³-hybridized carbons (Fsp3) is 0.684. The zero-order valence-corrected chi connectivity index (χ0v) is 13.3. The molecule has 1 saturated carbocycles. The summed E-state index contributed by atoms with van der Waals surface area (Å²) in [5.74, 6) is 0. The van der Waals surface area contributed by atoms with Gasteiger partial charge in [0.05, 0.1) is 0 Å². The molecule has 2 rings (SSSR count). The summed E-state index contributed by atoms with van der Waals surface area (Å²) in [6.07, 6.45) is 12.3. The molecule has 1 aromatic rings. The number of unbranched alkanes of at least 4 members (excludes halogenated alkanes) is 2. The van der Waals surface area contributed by atoms with Crippen molar-refractivity contribution in [2.45, 2.75) is 76.2 Å². The maximum Gasteiger partial charge on any atom is 0.0161 e. The molecule has 0 bridgehead atoms. The van der Waals surface area contributed by atoms with Crippen LogP contribution in [0.1, 0.15) is 70.3 Å². The molecule has 20 heavy (non-hydrogen) atoms. The van der Waals surface area contributed by atoms with Crippen molar-refractivity contribution in [1.82, 2.24) is 5.32 Å². The zero-order valence-electron chi connectivity index (χ0n) is 13.3. The molecule has 0 aromatic heterocycles. The minimum Gasteiger partial charge on any atom is -0.316 e. The van der Waals surface area contributed by atoms with E-state index >= 15 is 0 Å². The number of hydrogen-bond donors (Lipinski definition) is 1. The Bertz CT molecular complexity index is 365. The van der Waals surface area contributed by atoms with Crippen molar-refractivity contribution in [2.75, 3.05) is 7.05 Å². The van der Waals surface area contributed by atoms with Gasteiger partial charge in [-0.25, -0.2) is 0 Å². The predicted molar refractivity (Wildman–Crippen MR) is 88.2 cm³/mol. The third kappa shape index (κ3) is 3.44. The second-order valence-electron chi connectivity index (χ2n) is 6.42. The van der Waals surface area contributed by atoms with Gasteiger partial charge in [-0.1, -0.05) is 75.8 Å². The van der Waals surface area contributed by atoms with Crippen LogP contribution in [0, 0.1) is 0 Å². The Morgan fingerprint density at radius 3 is 2.35 bits per heavy atom. The average Bonchev–Trinajstić information content (AvgIpc) is 2.53. The van der Waals surface area contributed by atoms with E-state index in [1.54, 1.807) is 5.56 Å². The lowest BCUT2D eigenvalue weighted by atomic mass is 9.64. The van der Waals surface area contributed by atoms with Gasteiger partial charge in [0.1, 0.15) is 0 Å². The average molecular weight is 273 g/mol. The molecular formula is C19H31N. The van der Waals surface area contributed by atoms with E-state index in [0.717, 1.165) is 0 Å².